The summed E-state index contributed by atoms with van der Waals surface area (Å²) in [5, 5.41) is 16.1. The van der Waals surface area contributed by atoms with Gasteiger partial charge in [0, 0.05) is 11.9 Å². The summed E-state index contributed by atoms with van der Waals surface area (Å²) in [7, 11) is 0. The first-order valence-electron chi connectivity index (χ1n) is 5.17. The lowest BCUT2D eigenvalue weighted by molar-refractivity contribution is -0.254. The van der Waals surface area contributed by atoms with Crippen LogP contribution in [0.4, 0.5) is 0 Å². The van der Waals surface area contributed by atoms with E-state index in [2.05, 4.69) is 18.9 Å². The zero-order valence-electron chi connectivity index (χ0n) is 9.48. The van der Waals surface area contributed by atoms with Gasteiger partial charge in [-0.05, 0) is 18.9 Å². The van der Waals surface area contributed by atoms with Crippen LogP contribution in [0.25, 0.3) is 10.2 Å². The molecule has 0 aliphatic heterocycles. The number of thiophene rings is 1. The minimum absolute atomic E-state index is 0.271. The fourth-order valence-corrected chi connectivity index (χ4v) is 2.69. The average Bonchev–Trinajstić information content (AvgIpc) is 2.68. The number of aromatic carboxylic acids is 1. The van der Waals surface area contributed by atoms with E-state index in [0.29, 0.717) is 5.92 Å². The number of hydrogen-bond donors (Lipinski definition) is 0. The van der Waals surface area contributed by atoms with E-state index in [9.17, 15) is 9.90 Å². The molecule has 86 valence electrons. The maximum atomic E-state index is 10.8. The summed E-state index contributed by atoms with van der Waals surface area (Å²) >= 11 is 1.23. The summed E-state index contributed by atoms with van der Waals surface area (Å²) < 4.78 is 1.88. The minimum Gasteiger partial charge on any atom is -0.544 e. The maximum Gasteiger partial charge on any atom is 0.122 e. The quantitative estimate of drug-likeness (QED) is 0.811. The number of rotatable bonds is 3. The van der Waals surface area contributed by atoms with Crippen LogP contribution in [-0.4, -0.2) is 15.7 Å². The molecule has 0 amide bonds. The number of carboxylic acid groups (broad SMARTS) is 1. The van der Waals surface area contributed by atoms with Gasteiger partial charge in [-0.1, -0.05) is 13.8 Å². The fourth-order valence-electron chi connectivity index (χ4n) is 1.68. The Morgan fingerprint density at radius 1 is 1.62 bits per heavy atom. The van der Waals surface area contributed by atoms with Crippen molar-refractivity contribution >= 4 is 27.5 Å². The number of carbonyl (C=O) groups is 1. The van der Waals surface area contributed by atoms with E-state index < -0.39 is 5.97 Å². The highest BCUT2D eigenvalue weighted by Crippen LogP contribution is 2.28. The van der Waals surface area contributed by atoms with Gasteiger partial charge in [-0.25, -0.2) is 0 Å². The summed E-state index contributed by atoms with van der Waals surface area (Å²) in [6.45, 7) is 6.91. The van der Waals surface area contributed by atoms with E-state index in [-0.39, 0.29) is 4.88 Å². The van der Waals surface area contributed by atoms with Gasteiger partial charge in [0.15, 0.2) is 0 Å². The van der Waals surface area contributed by atoms with Crippen LogP contribution in [0.15, 0.2) is 6.07 Å². The first kappa shape index (κ1) is 11.1. The lowest BCUT2D eigenvalue weighted by Gasteiger charge is -2.04. The number of fused-ring (bicyclic) bond motifs is 1. The van der Waals surface area contributed by atoms with Gasteiger partial charge in [0.1, 0.15) is 4.83 Å². The third-order valence-electron chi connectivity index (χ3n) is 2.35. The molecule has 0 saturated carbocycles. The predicted octanol–water partition coefficient (Wildman–Crippen LogP) is 1.43. The molecule has 2 rings (SSSR count). The Balaban J connectivity index is 2.54. The Labute approximate surface area is 97.5 Å². The van der Waals surface area contributed by atoms with Crippen molar-refractivity contribution in [2.45, 2.75) is 27.3 Å². The summed E-state index contributed by atoms with van der Waals surface area (Å²) in [5.74, 6) is -0.632. The van der Waals surface area contributed by atoms with E-state index in [4.69, 9.17) is 0 Å². The molecule has 0 radical (unpaired) electrons. The highest BCUT2D eigenvalue weighted by molar-refractivity contribution is 7.20. The van der Waals surface area contributed by atoms with Crippen molar-refractivity contribution in [2.75, 3.05) is 0 Å². The van der Waals surface area contributed by atoms with Gasteiger partial charge in [-0.15, -0.1) is 11.3 Å². The molecule has 2 aromatic rings. The molecule has 0 N–H and O–H groups in total. The van der Waals surface area contributed by atoms with Gasteiger partial charge in [-0.2, -0.15) is 5.10 Å². The standard InChI is InChI=1S/C11H14N2O2S/c1-6(2)5-13-10-8(7(3)12-13)4-9(16-10)11(14)15/h4,6H,5H2,1-3H3,(H,14,15)/p-1. The zero-order valence-corrected chi connectivity index (χ0v) is 10.3. The molecular formula is C11H13N2O2S-. The third kappa shape index (κ3) is 1.82. The topological polar surface area (TPSA) is 58.0 Å². The molecule has 16 heavy (non-hydrogen) atoms. The number of nitrogens with zero attached hydrogens (tertiary/aromatic N) is 2. The van der Waals surface area contributed by atoms with Gasteiger partial charge in [0.2, 0.25) is 0 Å². The van der Waals surface area contributed by atoms with E-state index in [0.717, 1.165) is 22.5 Å². The monoisotopic (exact) mass is 237 g/mol. The van der Waals surface area contributed by atoms with E-state index in [1.807, 2.05) is 11.6 Å². The van der Waals surface area contributed by atoms with Crippen molar-refractivity contribution < 1.29 is 9.90 Å². The molecular weight excluding hydrogens is 224 g/mol. The van der Waals surface area contributed by atoms with Crippen LogP contribution < -0.4 is 5.11 Å². The molecule has 0 saturated heterocycles. The first-order chi connectivity index (χ1) is 7.49. The van der Waals surface area contributed by atoms with E-state index in [1.54, 1.807) is 6.07 Å². The smallest absolute Gasteiger partial charge is 0.122 e. The van der Waals surface area contributed by atoms with Crippen molar-refractivity contribution in [2.24, 2.45) is 5.92 Å². The van der Waals surface area contributed by atoms with Crippen LogP contribution in [-0.2, 0) is 6.54 Å². The Morgan fingerprint density at radius 3 is 2.88 bits per heavy atom. The molecule has 0 aliphatic rings. The van der Waals surface area contributed by atoms with Crippen LogP contribution >= 0.6 is 11.3 Å². The number of hydrogen-bond acceptors (Lipinski definition) is 4. The highest BCUT2D eigenvalue weighted by Gasteiger charge is 2.12. The van der Waals surface area contributed by atoms with Gasteiger partial charge < -0.3 is 9.90 Å². The van der Waals surface area contributed by atoms with Crippen molar-refractivity contribution in [1.82, 2.24) is 9.78 Å². The summed E-state index contributed by atoms with van der Waals surface area (Å²) in [5.41, 5.74) is 0.874. The minimum atomic E-state index is -1.11. The second-order valence-electron chi connectivity index (χ2n) is 4.28. The number of carboxylic acids is 1. The molecule has 0 atom stereocenters. The van der Waals surface area contributed by atoms with Crippen molar-refractivity contribution in [3.63, 3.8) is 0 Å². The molecule has 2 aromatic heterocycles. The summed E-state index contributed by atoms with van der Waals surface area (Å²) in [6.07, 6.45) is 0. The Bertz CT molecular complexity index is 539. The molecule has 0 bridgehead atoms. The number of aromatic nitrogens is 2. The van der Waals surface area contributed by atoms with Crippen LogP contribution in [0.1, 0.15) is 29.2 Å². The molecule has 2 heterocycles. The SMILES string of the molecule is Cc1nn(CC(C)C)c2sc(C(=O)[O-])cc12. The van der Waals surface area contributed by atoms with Crippen LogP contribution in [0.3, 0.4) is 0 Å². The zero-order chi connectivity index (χ0) is 11.9. The lowest BCUT2D eigenvalue weighted by atomic mass is 10.2. The van der Waals surface area contributed by atoms with Crippen LogP contribution in [0.2, 0.25) is 0 Å². The first-order valence-corrected chi connectivity index (χ1v) is 5.99. The van der Waals surface area contributed by atoms with Gasteiger partial charge in [0.25, 0.3) is 0 Å². The summed E-state index contributed by atoms with van der Waals surface area (Å²) in [4.78, 5) is 12.0. The molecule has 0 unspecified atom stereocenters. The van der Waals surface area contributed by atoms with Crippen LogP contribution in [0.5, 0.6) is 0 Å². The predicted molar refractivity (Wildman–Crippen MR) is 61.5 cm³/mol. The van der Waals surface area contributed by atoms with E-state index >= 15 is 0 Å². The van der Waals surface area contributed by atoms with Gasteiger partial charge >= 0.3 is 0 Å². The van der Waals surface area contributed by atoms with Gasteiger partial charge in [-0.3, -0.25) is 4.68 Å². The number of carbonyl (C=O) groups excluding carboxylic acids is 1. The van der Waals surface area contributed by atoms with Gasteiger partial charge in [0.05, 0.1) is 16.5 Å². The largest absolute Gasteiger partial charge is 0.544 e. The molecule has 4 nitrogen and oxygen atoms in total. The second kappa shape index (κ2) is 3.90. The fraction of sp³-hybridized carbons (Fsp3) is 0.455. The summed E-state index contributed by atoms with van der Waals surface area (Å²) in [6, 6.07) is 1.65. The molecule has 5 heteroatoms. The van der Waals surface area contributed by atoms with Crippen molar-refractivity contribution in [1.29, 1.82) is 0 Å². The molecule has 0 fully saturated rings. The van der Waals surface area contributed by atoms with Crippen molar-refractivity contribution in [3.8, 4) is 0 Å². The van der Waals surface area contributed by atoms with Crippen molar-refractivity contribution in [3.05, 3.63) is 16.6 Å². The molecule has 0 aromatic carbocycles. The normalized spacial score (nSPS) is 11.5. The van der Waals surface area contributed by atoms with E-state index in [1.165, 1.54) is 11.3 Å². The number of aryl methyl sites for hydroxylation is 1. The Hall–Kier alpha value is -1.36. The average molecular weight is 237 g/mol. The molecule has 0 aliphatic carbocycles. The maximum absolute atomic E-state index is 10.8. The second-order valence-corrected chi connectivity index (χ2v) is 5.31. The third-order valence-corrected chi connectivity index (χ3v) is 3.48. The lowest BCUT2D eigenvalue weighted by Crippen LogP contribution is -2.20. The van der Waals surface area contributed by atoms with Crippen LogP contribution in [0, 0.1) is 12.8 Å². The Morgan fingerprint density at radius 2 is 2.31 bits per heavy atom. The Kier molecular flexibility index (Phi) is 2.71. The molecule has 0 spiro atoms. The highest BCUT2D eigenvalue weighted by atomic mass is 32.1.